The summed E-state index contributed by atoms with van der Waals surface area (Å²) in [4.78, 5) is 0. The van der Waals surface area contributed by atoms with E-state index in [1.165, 1.54) is 0 Å². The molecule has 0 bridgehead atoms. The number of benzene rings is 3. The summed E-state index contributed by atoms with van der Waals surface area (Å²) in [7, 11) is 0. The zero-order valence-electron chi connectivity index (χ0n) is 14.7. The molecule has 0 saturated carbocycles. The monoisotopic (exact) mass is 350 g/mol. The second kappa shape index (κ2) is 9.27. The summed E-state index contributed by atoms with van der Waals surface area (Å²) >= 11 is 0. The van der Waals surface area contributed by atoms with Crippen LogP contribution in [0.4, 0.5) is 4.39 Å². The molecule has 0 saturated heterocycles. The average Bonchev–Trinajstić information content (AvgIpc) is 2.73. The van der Waals surface area contributed by atoms with Gasteiger partial charge in [-0.3, -0.25) is 0 Å². The van der Waals surface area contributed by atoms with Gasteiger partial charge in [0.2, 0.25) is 0 Å². The van der Waals surface area contributed by atoms with Crippen LogP contribution < -0.4 is 0 Å². The predicted octanol–water partition coefficient (Wildman–Crippen LogP) is 4.98. The number of halogens is 1. The molecule has 3 aromatic carbocycles. The quantitative estimate of drug-likeness (QED) is 0.400. The second-order valence-electron chi connectivity index (χ2n) is 5.93. The molecule has 0 spiro atoms. The normalized spacial score (nSPS) is 11.4. The SMILES string of the molecule is FCCOCCOC(c1ccccc1)(c1ccccc1)c1ccccc1. The van der Waals surface area contributed by atoms with Gasteiger partial charge >= 0.3 is 0 Å². The Hall–Kier alpha value is -2.49. The lowest BCUT2D eigenvalue weighted by molar-refractivity contribution is -0.0252. The van der Waals surface area contributed by atoms with Gasteiger partial charge in [0.1, 0.15) is 12.3 Å². The summed E-state index contributed by atoms with van der Waals surface area (Å²) < 4.78 is 24.1. The molecule has 0 atom stereocenters. The van der Waals surface area contributed by atoms with E-state index in [0.717, 1.165) is 16.7 Å². The lowest BCUT2D eigenvalue weighted by atomic mass is 9.80. The lowest BCUT2D eigenvalue weighted by Crippen LogP contribution is -2.34. The van der Waals surface area contributed by atoms with Gasteiger partial charge in [0.25, 0.3) is 0 Å². The summed E-state index contributed by atoms with van der Waals surface area (Å²) in [6.45, 7) is 0.316. The fourth-order valence-corrected chi connectivity index (χ4v) is 3.18. The van der Waals surface area contributed by atoms with Gasteiger partial charge in [-0.1, -0.05) is 91.0 Å². The number of ether oxygens (including phenoxy) is 2. The third-order valence-corrected chi connectivity index (χ3v) is 4.31. The third kappa shape index (κ3) is 4.01. The Labute approximate surface area is 154 Å². The van der Waals surface area contributed by atoms with E-state index in [1.54, 1.807) is 0 Å². The maximum absolute atomic E-state index is 12.3. The van der Waals surface area contributed by atoms with Crippen LogP contribution in [0.25, 0.3) is 0 Å². The molecule has 3 heteroatoms. The van der Waals surface area contributed by atoms with Crippen LogP contribution in [0.5, 0.6) is 0 Å². The van der Waals surface area contributed by atoms with Gasteiger partial charge in [-0.15, -0.1) is 0 Å². The first kappa shape index (κ1) is 18.3. The summed E-state index contributed by atoms with van der Waals surface area (Å²) in [5, 5.41) is 0. The standard InChI is InChI=1S/C23H23FO2/c24-16-17-25-18-19-26-23(20-10-4-1-5-11-20,21-12-6-2-7-13-21)22-14-8-3-9-15-22/h1-15H,16-19H2. The molecule has 0 radical (unpaired) electrons. The fourth-order valence-electron chi connectivity index (χ4n) is 3.18. The molecule has 0 aliphatic heterocycles. The van der Waals surface area contributed by atoms with Crippen LogP contribution in [0.1, 0.15) is 16.7 Å². The zero-order valence-corrected chi connectivity index (χ0v) is 14.7. The van der Waals surface area contributed by atoms with Crippen LogP contribution in [0.15, 0.2) is 91.0 Å². The third-order valence-electron chi connectivity index (χ3n) is 4.31. The highest BCUT2D eigenvalue weighted by molar-refractivity contribution is 5.47. The van der Waals surface area contributed by atoms with Crippen molar-refractivity contribution in [2.75, 3.05) is 26.5 Å². The molecule has 0 unspecified atom stereocenters. The van der Waals surface area contributed by atoms with E-state index in [4.69, 9.17) is 9.47 Å². The van der Waals surface area contributed by atoms with Crippen molar-refractivity contribution in [1.29, 1.82) is 0 Å². The van der Waals surface area contributed by atoms with Gasteiger partial charge in [0.15, 0.2) is 0 Å². The van der Waals surface area contributed by atoms with Crippen molar-refractivity contribution in [3.8, 4) is 0 Å². The smallest absolute Gasteiger partial charge is 0.143 e. The van der Waals surface area contributed by atoms with Crippen LogP contribution >= 0.6 is 0 Å². The molecular weight excluding hydrogens is 327 g/mol. The van der Waals surface area contributed by atoms with E-state index in [0.29, 0.717) is 13.2 Å². The average molecular weight is 350 g/mol. The first-order chi connectivity index (χ1) is 12.9. The van der Waals surface area contributed by atoms with E-state index < -0.39 is 12.3 Å². The zero-order chi connectivity index (χ0) is 18.1. The maximum atomic E-state index is 12.3. The minimum Gasteiger partial charge on any atom is -0.376 e. The summed E-state index contributed by atoms with van der Waals surface area (Å²) in [6, 6.07) is 30.5. The minimum absolute atomic E-state index is 0.0956. The van der Waals surface area contributed by atoms with E-state index >= 15 is 0 Å². The molecule has 0 aliphatic rings. The Bertz CT molecular complexity index is 663. The summed E-state index contributed by atoms with van der Waals surface area (Å²) in [5.41, 5.74) is 2.39. The van der Waals surface area contributed by atoms with Crippen molar-refractivity contribution in [2.24, 2.45) is 0 Å². The first-order valence-electron chi connectivity index (χ1n) is 8.82. The topological polar surface area (TPSA) is 18.5 Å². The molecule has 134 valence electrons. The van der Waals surface area contributed by atoms with Crippen molar-refractivity contribution in [3.63, 3.8) is 0 Å². The molecule has 3 aromatic rings. The summed E-state index contributed by atoms with van der Waals surface area (Å²) in [6.07, 6.45) is 0. The Kier molecular flexibility index (Phi) is 6.53. The van der Waals surface area contributed by atoms with Crippen LogP contribution in [0.2, 0.25) is 0 Å². The van der Waals surface area contributed by atoms with Crippen LogP contribution in [0.3, 0.4) is 0 Å². The van der Waals surface area contributed by atoms with E-state index in [-0.39, 0.29) is 6.61 Å². The molecule has 0 N–H and O–H groups in total. The molecule has 26 heavy (non-hydrogen) atoms. The van der Waals surface area contributed by atoms with Gasteiger partial charge in [0, 0.05) is 0 Å². The van der Waals surface area contributed by atoms with Gasteiger partial charge in [-0.25, -0.2) is 4.39 Å². The molecule has 0 heterocycles. The van der Waals surface area contributed by atoms with Gasteiger partial charge in [-0.2, -0.15) is 0 Å². The highest BCUT2D eigenvalue weighted by Gasteiger charge is 2.37. The van der Waals surface area contributed by atoms with E-state index in [2.05, 4.69) is 36.4 Å². The van der Waals surface area contributed by atoms with Gasteiger partial charge in [0.05, 0.1) is 19.8 Å². The first-order valence-corrected chi connectivity index (χ1v) is 8.82. The molecule has 2 nitrogen and oxygen atoms in total. The van der Waals surface area contributed by atoms with Crippen molar-refractivity contribution in [2.45, 2.75) is 5.60 Å². The Morgan fingerprint density at radius 1 is 0.577 bits per heavy atom. The number of rotatable bonds is 9. The number of hydrogen-bond donors (Lipinski definition) is 0. The maximum Gasteiger partial charge on any atom is 0.143 e. The fraction of sp³-hybridized carbons (Fsp3) is 0.217. The Morgan fingerprint density at radius 3 is 1.38 bits per heavy atom. The van der Waals surface area contributed by atoms with Crippen LogP contribution in [0, 0.1) is 0 Å². The van der Waals surface area contributed by atoms with Crippen molar-refractivity contribution in [3.05, 3.63) is 108 Å². The molecule has 0 amide bonds. The highest BCUT2D eigenvalue weighted by atomic mass is 19.1. The Morgan fingerprint density at radius 2 is 1.00 bits per heavy atom. The van der Waals surface area contributed by atoms with Crippen molar-refractivity contribution in [1.82, 2.24) is 0 Å². The summed E-state index contributed by atoms with van der Waals surface area (Å²) in [5.74, 6) is 0. The largest absolute Gasteiger partial charge is 0.376 e. The van der Waals surface area contributed by atoms with Crippen LogP contribution in [-0.4, -0.2) is 26.5 Å². The van der Waals surface area contributed by atoms with Gasteiger partial charge < -0.3 is 9.47 Å². The molecule has 0 fully saturated rings. The van der Waals surface area contributed by atoms with Crippen molar-refractivity contribution >= 4 is 0 Å². The molecule has 3 rings (SSSR count). The second-order valence-corrected chi connectivity index (χ2v) is 5.93. The molecule has 0 aliphatic carbocycles. The predicted molar refractivity (Wildman–Crippen MR) is 102 cm³/mol. The minimum atomic E-state index is -0.747. The highest BCUT2D eigenvalue weighted by Crippen LogP contribution is 2.40. The number of alkyl halides is 1. The molecule has 0 aromatic heterocycles. The van der Waals surface area contributed by atoms with E-state index in [9.17, 15) is 4.39 Å². The van der Waals surface area contributed by atoms with E-state index in [1.807, 2.05) is 54.6 Å². The van der Waals surface area contributed by atoms with Crippen LogP contribution in [-0.2, 0) is 15.1 Å². The number of hydrogen-bond acceptors (Lipinski definition) is 2. The van der Waals surface area contributed by atoms with Crippen molar-refractivity contribution < 1.29 is 13.9 Å². The van der Waals surface area contributed by atoms with Gasteiger partial charge in [-0.05, 0) is 16.7 Å². The molecular formula is C23H23FO2. The lowest BCUT2D eigenvalue weighted by Gasteiger charge is -2.36. The Balaban J connectivity index is 2.06.